The maximum absolute atomic E-state index is 12.1. The Morgan fingerprint density at radius 1 is 1.29 bits per heavy atom. The number of ketones is 1. The van der Waals surface area contributed by atoms with Gasteiger partial charge in [-0.2, -0.15) is 0 Å². The Labute approximate surface area is 107 Å². The Hall–Kier alpha value is -1.36. The number of piperidine rings is 1. The number of hydrogen-bond acceptors (Lipinski definition) is 3. The molecule has 17 heavy (non-hydrogen) atoms. The quantitative estimate of drug-likeness (QED) is 0.862. The zero-order valence-corrected chi connectivity index (χ0v) is 10.7. The molecule has 1 aromatic rings. The van der Waals surface area contributed by atoms with Crippen LogP contribution < -0.4 is 0 Å². The Morgan fingerprint density at radius 2 is 1.94 bits per heavy atom. The highest BCUT2D eigenvalue weighted by molar-refractivity contribution is 9.10. The van der Waals surface area contributed by atoms with E-state index in [9.17, 15) is 14.7 Å². The molecule has 0 spiro atoms. The summed E-state index contributed by atoms with van der Waals surface area (Å²) in [5.74, 6) is -0.0714. The van der Waals surface area contributed by atoms with E-state index in [1.165, 1.54) is 6.07 Å². The second-order valence-electron chi connectivity index (χ2n) is 3.99. The first-order valence-corrected chi connectivity index (χ1v) is 6.17. The molecule has 1 amide bonds. The summed E-state index contributed by atoms with van der Waals surface area (Å²) >= 11 is 3.22. The van der Waals surface area contributed by atoms with Gasteiger partial charge in [0.25, 0.3) is 5.91 Å². The van der Waals surface area contributed by atoms with Gasteiger partial charge in [-0.25, -0.2) is 0 Å². The molecule has 5 heteroatoms. The van der Waals surface area contributed by atoms with Gasteiger partial charge in [0.15, 0.2) is 0 Å². The number of likely N-dealkylation sites (tertiary alicyclic amines) is 1. The van der Waals surface area contributed by atoms with E-state index in [0.717, 1.165) is 4.47 Å². The first-order valence-electron chi connectivity index (χ1n) is 5.37. The first kappa shape index (κ1) is 12.1. The van der Waals surface area contributed by atoms with Crippen molar-refractivity contribution in [3.05, 3.63) is 28.2 Å². The third kappa shape index (κ3) is 2.66. The Balaban J connectivity index is 2.16. The van der Waals surface area contributed by atoms with Crippen LogP contribution in [0.1, 0.15) is 23.2 Å². The van der Waals surface area contributed by atoms with Crippen LogP contribution in [0.2, 0.25) is 0 Å². The molecule has 0 aliphatic carbocycles. The zero-order chi connectivity index (χ0) is 12.4. The molecule has 4 nitrogen and oxygen atoms in total. The molecule has 0 radical (unpaired) electrons. The summed E-state index contributed by atoms with van der Waals surface area (Å²) in [6.45, 7) is 0.875. The molecule has 0 aromatic heterocycles. The second-order valence-corrected chi connectivity index (χ2v) is 4.91. The van der Waals surface area contributed by atoms with Gasteiger partial charge in [-0.1, -0.05) is 15.9 Å². The molecule has 1 saturated heterocycles. The number of amides is 1. The van der Waals surface area contributed by atoms with E-state index < -0.39 is 0 Å². The molecule has 1 aliphatic rings. The Morgan fingerprint density at radius 3 is 2.53 bits per heavy atom. The second kappa shape index (κ2) is 4.87. The number of carbonyl (C=O) groups is 2. The molecule has 1 fully saturated rings. The predicted molar refractivity (Wildman–Crippen MR) is 66.0 cm³/mol. The van der Waals surface area contributed by atoms with Crippen molar-refractivity contribution in [1.29, 1.82) is 0 Å². The van der Waals surface area contributed by atoms with Gasteiger partial charge in [0.2, 0.25) is 0 Å². The summed E-state index contributed by atoms with van der Waals surface area (Å²) in [6.07, 6.45) is 0.812. The molecule has 0 bridgehead atoms. The number of aromatic hydroxyl groups is 1. The molecule has 0 saturated carbocycles. The number of halogens is 1. The SMILES string of the molecule is O=C1CCN(C(=O)c2ccc(Br)cc2O)CC1. The van der Waals surface area contributed by atoms with Crippen molar-refractivity contribution in [1.82, 2.24) is 4.90 Å². The molecule has 2 rings (SSSR count). The summed E-state index contributed by atoms with van der Waals surface area (Å²) in [5, 5.41) is 9.70. The van der Waals surface area contributed by atoms with Crippen LogP contribution in [0, 0.1) is 0 Å². The standard InChI is InChI=1S/C12H12BrNO3/c13-8-1-2-10(11(16)7-8)12(17)14-5-3-9(15)4-6-14/h1-2,7,16H,3-6H2. The van der Waals surface area contributed by atoms with E-state index in [1.807, 2.05) is 0 Å². The number of phenols is 1. The summed E-state index contributed by atoms with van der Waals surface area (Å²) in [5.41, 5.74) is 0.280. The van der Waals surface area contributed by atoms with Gasteiger partial charge in [0, 0.05) is 30.4 Å². The Kier molecular flexibility index (Phi) is 3.47. The summed E-state index contributed by atoms with van der Waals surface area (Å²) in [4.78, 5) is 24.8. The average Bonchev–Trinajstić information content (AvgIpc) is 2.29. The van der Waals surface area contributed by atoms with Crippen LogP contribution in [0.15, 0.2) is 22.7 Å². The molecule has 1 aliphatic heterocycles. The minimum absolute atomic E-state index is 0.0405. The van der Waals surface area contributed by atoms with Gasteiger partial charge in [-0.15, -0.1) is 0 Å². The monoisotopic (exact) mass is 297 g/mol. The minimum atomic E-state index is -0.220. The number of nitrogens with zero attached hydrogens (tertiary/aromatic N) is 1. The number of carbonyl (C=O) groups excluding carboxylic acids is 2. The number of Topliss-reactive ketones (excluding diaryl/α,β-unsaturated/α-hetero) is 1. The fourth-order valence-electron chi connectivity index (χ4n) is 1.82. The fraction of sp³-hybridized carbons (Fsp3) is 0.333. The van der Waals surface area contributed by atoms with Gasteiger partial charge < -0.3 is 10.0 Å². The molecular weight excluding hydrogens is 286 g/mol. The number of benzene rings is 1. The van der Waals surface area contributed by atoms with Crippen molar-refractivity contribution in [2.45, 2.75) is 12.8 Å². The summed E-state index contributed by atoms with van der Waals surface area (Å²) < 4.78 is 0.723. The van der Waals surface area contributed by atoms with E-state index in [1.54, 1.807) is 17.0 Å². The van der Waals surface area contributed by atoms with Crippen LogP contribution in [0.3, 0.4) is 0 Å². The number of rotatable bonds is 1. The first-order chi connectivity index (χ1) is 8.08. The maximum Gasteiger partial charge on any atom is 0.257 e. The van der Waals surface area contributed by atoms with Crippen LogP contribution in [0.5, 0.6) is 5.75 Å². The van der Waals surface area contributed by atoms with Gasteiger partial charge >= 0.3 is 0 Å². The highest BCUT2D eigenvalue weighted by Gasteiger charge is 2.23. The fourth-order valence-corrected chi connectivity index (χ4v) is 2.16. The van der Waals surface area contributed by atoms with Gasteiger partial charge in [-0.05, 0) is 18.2 Å². The molecule has 90 valence electrons. The van der Waals surface area contributed by atoms with Gasteiger partial charge in [0.05, 0.1) is 5.56 Å². The lowest BCUT2D eigenvalue weighted by molar-refractivity contribution is -0.120. The highest BCUT2D eigenvalue weighted by atomic mass is 79.9. The summed E-state index contributed by atoms with van der Waals surface area (Å²) in [6, 6.07) is 4.78. The van der Waals surface area contributed by atoms with Crippen molar-refractivity contribution in [2.75, 3.05) is 13.1 Å². The van der Waals surface area contributed by atoms with E-state index in [4.69, 9.17) is 0 Å². The van der Waals surface area contributed by atoms with Crippen molar-refractivity contribution in [2.24, 2.45) is 0 Å². The Bertz CT molecular complexity index is 463. The predicted octanol–water partition coefficient (Wildman–Crippen LogP) is 1.96. The van der Waals surface area contributed by atoms with Crippen molar-refractivity contribution >= 4 is 27.6 Å². The number of hydrogen-bond donors (Lipinski definition) is 1. The molecular formula is C12H12BrNO3. The minimum Gasteiger partial charge on any atom is -0.507 e. The lowest BCUT2D eigenvalue weighted by Gasteiger charge is -2.26. The normalized spacial score (nSPS) is 16.1. The third-order valence-electron chi connectivity index (χ3n) is 2.80. The largest absolute Gasteiger partial charge is 0.507 e. The van der Waals surface area contributed by atoms with Crippen molar-refractivity contribution in [3.8, 4) is 5.75 Å². The molecule has 1 aromatic carbocycles. The molecule has 0 unspecified atom stereocenters. The van der Waals surface area contributed by atoms with Crippen molar-refractivity contribution in [3.63, 3.8) is 0 Å². The van der Waals surface area contributed by atoms with E-state index in [-0.39, 0.29) is 23.0 Å². The molecule has 1 heterocycles. The van der Waals surface area contributed by atoms with Gasteiger partial charge in [0.1, 0.15) is 11.5 Å². The zero-order valence-electron chi connectivity index (χ0n) is 9.15. The average molecular weight is 298 g/mol. The summed E-state index contributed by atoms with van der Waals surface area (Å²) in [7, 11) is 0. The molecule has 0 atom stereocenters. The van der Waals surface area contributed by atoms with E-state index >= 15 is 0 Å². The van der Waals surface area contributed by atoms with Crippen molar-refractivity contribution < 1.29 is 14.7 Å². The van der Waals surface area contributed by atoms with Crippen LogP contribution in [-0.2, 0) is 4.79 Å². The smallest absolute Gasteiger partial charge is 0.257 e. The van der Waals surface area contributed by atoms with E-state index in [0.29, 0.717) is 25.9 Å². The topological polar surface area (TPSA) is 57.6 Å². The van der Waals surface area contributed by atoms with Gasteiger partial charge in [-0.3, -0.25) is 9.59 Å². The maximum atomic E-state index is 12.1. The lowest BCUT2D eigenvalue weighted by Crippen LogP contribution is -2.38. The van der Waals surface area contributed by atoms with Crippen LogP contribution in [-0.4, -0.2) is 34.8 Å². The van der Waals surface area contributed by atoms with E-state index in [2.05, 4.69) is 15.9 Å². The van der Waals surface area contributed by atoms with Crippen LogP contribution in [0.25, 0.3) is 0 Å². The lowest BCUT2D eigenvalue weighted by atomic mass is 10.1. The van der Waals surface area contributed by atoms with Crippen LogP contribution >= 0.6 is 15.9 Å². The third-order valence-corrected chi connectivity index (χ3v) is 3.29. The molecule has 1 N–H and O–H groups in total. The highest BCUT2D eigenvalue weighted by Crippen LogP contribution is 2.24. The van der Waals surface area contributed by atoms with Crippen LogP contribution in [0.4, 0.5) is 0 Å². The number of phenolic OH excluding ortho intramolecular Hbond substituents is 1.